The Labute approximate surface area is 145 Å². The molecule has 3 aromatic rings. The summed E-state index contributed by atoms with van der Waals surface area (Å²) in [5.41, 5.74) is -1.58. The molecule has 9 heteroatoms. The minimum absolute atomic E-state index is 0.0396. The van der Waals surface area contributed by atoms with E-state index in [4.69, 9.17) is 0 Å². The van der Waals surface area contributed by atoms with Crippen LogP contribution >= 0.6 is 0 Å². The first-order valence-corrected chi connectivity index (χ1v) is 7.45. The van der Waals surface area contributed by atoms with Crippen LogP contribution in [0.2, 0.25) is 0 Å². The fourth-order valence-corrected chi connectivity index (χ4v) is 2.36. The summed E-state index contributed by atoms with van der Waals surface area (Å²) in [5.74, 6) is -1.67. The van der Waals surface area contributed by atoms with Gasteiger partial charge in [-0.3, -0.25) is 9.78 Å². The molecule has 1 amide bonds. The Morgan fingerprint density at radius 1 is 1.15 bits per heavy atom. The summed E-state index contributed by atoms with van der Waals surface area (Å²) in [6.07, 6.45) is -2.55. The molecule has 1 aromatic carbocycles. The van der Waals surface area contributed by atoms with E-state index >= 15 is 0 Å². The first-order chi connectivity index (χ1) is 12.4. The summed E-state index contributed by atoms with van der Waals surface area (Å²) in [7, 11) is 0. The van der Waals surface area contributed by atoms with Gasteiger partial charge in [0.25, 0.3) is 5.91 Å². The molecular formula is C17H12F4N4O. The van der Waals surface area contributed by atoms with Crippen LogP contribution < -0.4 is 5.32 Å². The van der Waals surface area contributed by atoms with E-state index in [1.165, 1.54) is 18.3 Å². The van der Waals surface area contributed by atoms with Crippen molar-refractivity contribution in [2.75, 3.05) is 0 Å². The van der Waals surface area contributed by atoms with Gasteiger partial charge >= 0.3 is 6.18 Å². The molecule has 0 atom stereocenters. The molecule has 26 heavy (non-hydrogen) atoms. The first-order valence-electron chi connectivity index (χ1n) is 7.45. The van der Waals surface area contributed by atoms with Crippen molar-refractivity contribution < 1.29 is 22.4 Å². The van der Waals surface area contributed by atoms with Gasteiger partial charge in [-0.05, 0) is 30.3 Å². The third-order valence-corrected chi connectivity index (χ3v) is 3.49. The fourth-order valence-electron chi connectivity index (χ4n) is 2.36. The van der Waals surface area contributed by atoms with Gasteiger partial charge in [0.2, 0.25) is 0 Å². The van der Waals surface area contributed by atoms with Crippen molar-refractivity contribution in [2.45, 2.75) is 12.7 Å². The molecule has 0 spiro atoms. The van der Waals surface area contributed by atoms with E-state index in [1.54, 1.807) is 18.2 Å². The van der Waals surface area contributed by atoms with Gasteiger partial charge in [-0.15, -0.1) is 0 Å². The van der Waals surface area contributed by atoms with Crippen LogP contribution in [0.25, 0.3) is 5.69 Å². The Bertz CT molecular complexity index is 922. The van der Waals surface area contributed by atoms with E-state index < -0.39 is 29.2 Å². The molecule has 0 saturated heterocycles. The summed E-state index contributed by atoms with van der Waals surface area (Å²) < 4.78 is 54.4. The number of benzene rings is 1. The molecular weight excluding hydrogens is 352 g/mol. The lowest BCUT2D eigenvalue weighted by atomic mass is 10.2. The third-order valence-electron chi connectivity index (χ3n) is 3.49. The van der Waals surface area contributed by atoms with E-state index in [9.17, 15) is 22.4 Å². The van der Waals surface area contributed by atoms with E-state index in [0.29, 0.717) is 10.4 Å². The lowest BCUT2D eigenvalue weighted by molar-refractivity contribution is -0.143. The molecule has 5 nitrogen and oxygen atoms in total. The molecule has 0 aliphatic rings. The van der Waals surface area contributed by atoms with Gasteiger partial charge < -0.3 is 5.32 Å². The van der Waals surface area contributed by atoms with Crippen molar-refractivity contribution in [3.63, 3.8) is 0 Å². The smallest absolute Gasteiger partial charge is 0.346 e. The van der Waals surface area contributed by atoms with Gasteiger partial charge in [-0.2, -0.15) is 18.3 Å². The number of hydrogen-bond donors (Lipinski definition) is 1. The summed E-state index contributed by atoms with van der Waals surface area (Å²) >= 11 is 0. The van der Waals surface area contributed by atoms with Gasteiger partial charge in [0.05, 0.1) is 29.7 Å². The number of halogens is 4. The Balaban J connectivity index is 1.93. The second-order valence-corrected chi connectivity index (χ2v) is 5.30. The zero-order chi connectivity index (χ0) is 18.7. The van der Waals surface area contributed by atoms with Gasteiger partial charge in [0.1, 0.15) is 5.82 Å². The maximum Gasteiger partial charge on any atom is 0.434 e. The van der Waals surface area contributed by atoms with E-state index in [0.717, 1.165) is 18.3 Å². The molecule has 0 radical (unpaired) electrons. The number of aromatic nitrogens is 3. The monoisotopic (exact) mass is 364 g/mol. The summed E-state index contributed by atoms with van der Waals surface area (Å²) in [6.45, 7) is -0.0396. The van der Waals surface area contributed by atoms with Gasteiger partial charge in [-0.25, -0.2) is 9.07 Å². The number of pyridine rings is 1. The number of nitrogens with one attached hydrogen (secondary N) is 1. The predicted octanol–water partition coefficient (Wildman–Crippen LogP) is 3.36. The fraction of sp³-hybridized carbons (Fsp3) is 0.118. The van der Waals surface area contributed by atoms with E-state index in [-0.39, 0.29) is 12.2 Å². The summed E-state index contributed by atoms with van der Waals surface area (Å²) in [6, 6.07) is 9.52. The standard InChI is InChI=1S/C17H12F4N4O/c18-11-4-3-6-13(8-11)25-15(17(19,20)21)14(10-24-25)16(26)23-9-12-5-1-2-7-22-12/h1-8,10H,9H2,(H,23,26). The number of rotatable bonds is 4. The zero-order valence-corrected chi connectivity index (χ0v) is 13.2. The molecule has 2 heterocycles. The molecule has 0 aliphatic carbocycles. The van der Waals surface area contributed by atoms with Gasteiger partial charge in [-0.1, -0.05) is 12.1 Å². The molecule has 0 unspecified atom stereocenters. The van der Waals surface area contributed by atoms with Crippen molar-refractivity contribution in [3.8, 4) is 5.69 Å². The molecule has 0 aliphatic heterocycles. The number of hydrogen-bond acceptors (Lipinski definition) is 3. The van der Waals surface area contributed by atoms with Crippen LogP contribution in [0, 0.1) is 5.82 Å². The van der Waals surface area contributed by atoms with Crippen LogP contribution in [0.1, 0.15) is 21.7 Å². The molecule has 3 rings (SSSR count). The number of amides is 1. The van der Waals surface area contributed by atoms with E-state index in [1.807, 2.05) is 0 Å². The van der Waals surface area contributed by atoms with Crippen molar-refractivity contribution in [2.24, 2.45) is 0 Å². The highest BCUT2D eigenvalue weighted by molar-refractivity contribution is 5.95. The average Bonchev–Trinajstić information content (AvgIpc) is 3.06. The molecule has 0 bridgehead atoms. The highest BCUT2D eigenvalue weighted by Gasteiger charge is 2.40. The summed E-state index contributed by atoms with van der Waals surface area (Å²) in [4.78, 5) is 16.2. The Morgan fingerprint density at radius 3 is 2.62 bits per heavy atom. The van der Waals surface area contributed by atoms with Crippen LogP contribution in [0.15, 0.2) is 54.9 Å². The quantitative estimate of drug-likeness (QED) is 0.723. The maximum absolute atomic E-state index is 13.5. The Hall–Kier alpha value is -3.23. The third kappa shape index (κ3) is 3.71. The van der Waals surface area contributed by atoms with Crippen LogP contribution in [0.3, 0.4) is 0 Å². The normalized spacial score (nSPS) is 11.4. The van der Waals surface area contributed by atoms with Crippen molar-refractivity contribution in [3.05, 3.63) is 77.6 Å². The lowest BCUT2D eigenvalue weighted by Gasteiger charge is -2.13. The van der Waals surface area contributed by atoms with Crippen LogP contribution in [0.4, 0.5) is 17.6 Å². The first kappa shape index (κ1) is 17.6. The Kier molecular flexibility index (Phi) is 4.70. The lowest BCUT2D eigenvalue weighted by Crippen LogP contribution is -2.26. The SMILES string of the molecule is O=C(NCc1ccccn1)c1cnn(-c2cccc(F)c2)c1C(F)(F)F. The molecule has 1 N–H and O–H groups in total. The summed E-state index contributed by atoms with van der Waals surface area (Å²) in [5, 5.41) is 6.00. The second-order valence-electron chi connectivity index (χ2n) is 5.30. The zero-order valence-electron chi connectivity index (χ0n) is 13.2. The molecule has 2 aromatic heterocycles. The second kappa shape index (κ2) is 6.95. The van der Waals surface area contributed by atoms with Crippen molar-refractivity contribution in [1.29, 1.82) is 0 Å². The van der Waals surface area contributed by atoms with Gasteiger partial charge in [0, 0.05) is 6.20 Å². The van der Waals surface area contributed by atoms with Crippen LogP contribution in [-0.2, 0) is 12.7 Å². The minimum Gasteiger partial charge on any atom is -0.346 e. The predicted molar refractivity (Wildman–Crippen MR) is 83.9 cm³/mol. The number of nitrogens with zero attached hydrogens (tertiary/aromatic N) is 3. The van der Waals surface area contributed by atoms with Crippen LogP contribution in [0.5, 0.6) is 0 Å². The highest BCUT2D eigenvalue weighted by Crippen LogP contribution is 2.33. The molecule has 0 fully saturated rings. The number of carbonyl (C=O) groups is 1. The molecule has 134 valence electrons. The molecule has 0 saturated carbocycles. The Morgan fingerprint density at radius 2 is 1.96 bits per heavy atom. The van der Waals surface area contributed by atoms with Gasteiger partial charge in [0.15, 0.2) is 5.69 Å². The topological polar surface area (TPSA) is 59.8 Å². The minimum atomic E-state index is -4.86. The number of alkyl halides is 3. The highest BCUT2D eigenvalue weighted by atomic mass is 19.4. The largest absolute Gasteiger partial charge is 0.434 e. The van der Waals surface area contributed by atoms with Crippen molar-refractivity contribution in [1.82, 2.24) is 20.1 Å². The number of carbonyl (C=O) groups excluding carboxylic acids is 1. The maximum atomic E-state index is 13.5. The van der Waals surface area contributed by atoms with Crippen molar-refractivity contribution >= 4 is 5.91 Å². The van der Waals surface area contributed by atoms with E-state index in [2.05, 4.69) is 15.4 Å². The average molecular weight is 364 g/mol. The van der Waals surface area contributed by atoms with Crippen LogP contribution in [-0.4, -0.2) is 20.7 Å².